The van der Waals surface area contributed by atoms with E-state index in [-0.39, 0.29) is 16.2 Å². The van der Waals surface area contributed by atoms with Crippen molar-refractivity contribution in [1.82, 2.24) is 0 Å². The fraction of sp³-hybridized carbons (Fsp3) is 0.200. The molecule has 11 rings (SSSR count). The largest absolute Gasteiger partial charge is 0.399 e. The predicted octanol–water partition coefficient (Wildman–Crippen LogP) is 15.7. The lowest BCUT2D eigenvalue weighted by atomic mass is 9.68. The van der Waals surface area contributed by atoms with Crippen LogP contribution in [0.1, 0.15) is 99.9 Å². The van der Waals surface area contributed by atoms with Crippen LogP contribution in [-0.2, 0) is 21.7 Å². The Hall–Kier alpha value is -6.64. The van der Waals surface area contributed by atoms with Crippen molar-refractivity contribution in [2.75, 3.05) is 10.6 Å². The minimum Gasteiger partial charge on any atom is -0.399 e. The van der Waals surface area contributed by atoms with Gasteiger partial charge in [-0.25, -0.2) is 0 Å². The zero-order valence-corrected chi connectivity index (χ0v) is 37.2. The highest BCUT2D eigenvalue weighted by atomic mass is 15.1. The lowest BCUT2D eigenvalue weighted by molar-refractivity contribution is 0.586. The van der Waals surface area contributed by atoms with Crippen LogP contribution >= 0.6 is 0 Å². The number of nitrogens with two attached hydrogens (primary N) is 1. The molecule has 62 heavy (non-hydrogen) atoms. The number of hydrogen-bond acceptors (Lipinski definition) is 2. The minimum atomic E-state index is -0.515. The molecule has 0 heterocycles. The van der Waals surface area contributed by atoms with E-state index < -0.39 is 5.41 Å². The van der Waals surface area contributed by atoms with E-state index in [9.17, 15) is 0 Å². The van der Waals surface area contributed by atoms with Gasteiger partial charge in [0.15, 0.2) is 0 Å². The quantitative estimate of drug-likeness (QED) is 0.180. The second-order valence-electron chi connectivity index (χ2n) is 20.4. The zero-order valence-electron chi connectivity index (χ0n) is 37.2. The molecule has 0 radical (unpaired) electrons. The number of nitrogen functional groups attached to an aromatic ring is 1. The van der Waals surface area contributed by atoms with E-state index in [1.54, 1.807) is 0 Å². The monoisotopic (exact) mass is 802 g/mol. The molecule has 1 spiro atoms. The van der Waals surface area contributed by atoms with Crippen LogP contribution in [0.5, 0.6) is 0 Å². The topological polar surface area (TPSA) is 29.3 Å². The third kappa shape index (κ3) is 5.42. The average Bonchev–Trinajstić information content (AvgIpc) is 3.81. The van der Waals surface area contributed by atoms with Crippen molar-refractivity contribution in [2.24, 2.45) is 0 Å². The van der Waals surface area contributed by atoms with E-state index in [1.165, 1.54) is 77.9 Å². The van der Waals surface area contributed by atoms with E-state index >= 15 is 0 Å². The number of anilines is 4. The van der Waals surface area contributed by atoms with Gasteiger partial charge in [-0.1, -0.05) is 183 Å². The van der Waals surface area contributed by atoms with Crippen LogP contribution in [-0.4, -0.2) is 0 Å². The Bertz CT molecular complexity index is 3070. The van der Waals surface area contributed by atoms with Gasteiger partial charge in [0, 0.05) is 28.0 Å². The third-order valence-corrected chi connectivity index (χ3v) is 14.3. The van der Waals surface area contributed by atoms with E-state index in [0.29, 0.717) is 0 Å². The Kier molecular flexibility index (Phi) is 8.14. The van der Waals surface area contributed by atoms with Crippen molar-refractivity contribution >= 4 is 22.7 Å². The first-order valence-corrected chi connectivity index (χ1v) is 22.2. The lowest BCUT2D eigenvalue weighted by Gasteiger charge is -2.34. The summed E-state index contributed by atoms with van der Waals surface area (Å²) in [6.45, 7) is 18.8. The van der Waals surface area contributed by atoms with Gasteiger partial charge in [-0.15, -0.1) is 0 Å². The number of nitrogens with zero attached hydrogens (tertiary/aromatic N) is 1. The third-order valence-electron chi connectivity index (χ3n) is 14.3. The van der Waals surface area contributed by atoms with Crippen LogP contribution < -0.4 is 10.6 Å². The number of para-hydroxylation sites is 1. The van der Waals surface area contributed by atoms with Gasteiger partial charge in [0.2, 0.25) is 0 Å². The summed E-state index contributed by atoms with van der Waals surface area (Å²) in [4.78, 5) is 2.51. The number of rotatable bonds is 4. The molecule has 0 saturated heterocycles. The Morgan fingerprint density at radius 3 is 1.37 bits per heavy atom. The summed E-state index contributed by atoms with van der Waals surface area (Å²) in [6, 6.07) is 64.3. The second-order valence-corrected chi connectivity index (χ2v) is 20.4. The Morgan fingerprint density at radius 1 is 0.387 bits per heavy atom. The first kappa shape index (κ1) is 38.3. The van der Waals surface area contributed by atoms with Crippen molar-refractivity contribution in [1.29, 1.82) is 0 Å². The summed E-state index contributed by atoms with van der Waals surface area (Å²) in [5.41, 5.74) is 30.7. The van der Waals surface area contributed by atoms with E-state index in [2.05, 4.69) is 218 Å². The van der Waals surface area contributed by atoms with Crippen molar-refractivity contribution < 1.29 is 0 Å². The van der Waals surface area contributed by atoms with Gasteiger partial charge < -0.3 is 10.6 Å². The molecule has 0 bridgehead atoms. The highest BCUT2D eigenvalue weighted by Gasteiger charge is 2.52. The Morgan fingerprint density at radius 2 is 0.806 bits per heavy atom. The summed E-state index contributed by atoms with van der Waals surface area (Å²) in [5, 5.41) is 0. The maximum absolute atomic E-state index is 6.27. The van der Waals surface area contributed by atoms with Gasteiger partial charge in [0.1, 0.15) is 0 Å². The van der Waals surface area contributed by atoms with Gasteiger partial charge in [0.25, 0.3) is 0 Å². The first-order valence-electron chi connectivity index (χ1n) is 22.2. The van der Waals surface area contributed by atoms with Gasteiger partial charge in [-0.3, -0.25) is 0 Å². The number of benzene rings is 8. The molecule has 2 heteroatoms. The molecular formula is C60H54N2. The van der Waals surface area contributed by atoms with E-state index in [4.69, 9.17) is 5.73 Å². The molecule has 0 atom stereocenters. The summed E-state index contributed by atoms with van der Waals surface area (Å²) < 4.78 is 0. The van der Waals surface area contributed by atoms with Crippen molar-refractivity contribution in [3.8, 4) is 44.5 Å². The number of hydrogen-bond donors (Lipinski definition) is 1. The Balaban J connectivity index is 1.22. The zero-order chi connectivity index (χ0) is 42.9. The molecule has 0 amide bonds. The van der Waals surface area contributed by atoms with E-state index in [0.717, 1.165) is 33.9 Å². The molecule has 8 aromatic carbocycles. The van der Waals surface area contributed by atoms with Gasteiger partial charge in [0.05, 0.1) is 11.1 Å². The maximum Gasteiger partial charge on any atom is 0.0726 e. The van der Waals surface area contributed by atoms with Crippen LogP contribution in [0.3, 0.4) is 0 Å². The smallest absolute Gasteiger partial charge is 0.0726 e. The molecule has 2 N–H and O–H groups in total. The first-order chi connectivity index (χ1) is 29.7. The molecule has 0 aromatic heterocycles. The molecule has 2 nitrogen and oxygen atoms in total. The van der Waals surface area contributed by atoms with Crippen molar-refractivity contribution in [2.45, 2.75) is 77.0 Å². The molecule has 0 saturated carbocycles. The SMILES string of the molecule is CC(C)(C)c1ccc2c(c1)C1(c3ccccc3-c3ccc(N(c4ccc5c(c4)C(C)(C)c4ccccc4-5)c4ccccc4-c4ccc(N)cc4)cc31)c1cc(C(C)(C)C)ccc1-2. The molecule has 0 aliphatic heterocycles. The van der Waals surface area contributed by atoms with Crippen LogP contribution in [0, 0.1) is 0 Å². The summed E-state index contributed by atoms with van der Waals surface area (Å²) >= 11 is 0. The normalized spacial score (nSPS) is 14.8. The molecule has 0 unspecified atom stereocenters. The molecule has 0 fully saturated rings. The molecule has 3 aliphatic rings. The maximum atomic E-state index is 6.27. The van der Waals surface area contributed by atoms with Crippen molar-refractivity contribution in [3.63, 3.8) is 0 Å². The fourth-order valence-corrected chi connectivity index (χ4v) is 11.1. The fourth-order valence-electron chi connectivity index (χ4n) is 11.1. The van der Waals surface area contributed by atoms with Gasteiger partial charge in [-0.05, 0) is 137 Å². The molecular weight excluding hydrogens is 749 g/mol. The van der Waals surface area contributed by atoms with Crippen LogP contribution in [0.2, 0.25) is 0 Å². The molecule has 3 aliphatic carbocycles. The highest BCUT2D eigenvalue weighted by molar-refractivity contribution is 5.98. The molecule has 304 valence electrons. The van der Waals surface area contributed by atoms with E-state index in [1.807, 2.05) is 12.1 Å². The van der Waals surface area contributed by atoms with Gasteiger partial charge >= 0.3 is 0 Å². The average molecular weight is 803 g/mol. The molecule has 8 aromatic rings. The van der Waals surface area contributed by atoms with Crippen molar-refractivity contribution in [3.05, 3.63) is 214 Å². The number of fused-ring (bicyclic) bond motifs is 13. The highest BCUT2D eigenvalue weighted by Crippen LogP contribution is 2.64. The minimum absolute atomic E-state index is 0.0199. The van der Waals surface area contributed by atoms with Crippen LogP contribution in [0.4, 0.5) is 22.7 Å². The standard InChI is InChI=1S/C60H54N2/c1-57(2,3)38-23-29-47-48-30-24-39(58(4,5)6)34-54(48)60(53(47)33-38)51-19-13-10-17-45(51)49-32-28-42(36-55(49)60)62(56-20-14-11-15-43(56)37-21-25-40(61)26-22-37)41-27-31-46-44-16-9-12-18-50(44)59(7,8)52(46)35-41/h9-36H,61H2,1-8H3. The van der Waals surface area contributed by atoms with Gasteiger partial charge in [-0.2, -0.15) is 0 Å². The summed E-state index contributed by atoms with van der Waals surface area (Å²) in [6.07, 6.45) is 0. The summed E-state index contributed by atoms with van der Waals surface area (Å²) in [7, 11) is 0. The second kappa shape index (κ2) is 13.2. The lowest BCUT2D eigenvalue weighted by Crippen LogP contribution is -2.27. The predicted molar refractivity (Wildman–Crippen MR) is 262 cm³/mol. The van der Waals surface area contributed by atoms with Crippen LogP contribution in [0.15, 0.2) is 170 Å². The Labute approximate surface area is 367 Å². The summed E-state index contributed by atoms with van der Waals surface area (Å²) in [5.74, 6) is 0. The van der Waals surface area contributed by atoms with Crippen LogP contribution in [0.25, 0.3) is 44.5 Å².